The first-order chi connectivity index (χ1) is 12.8. The predicted octanol–water partition coefficient (Wildman–Crippen LogP) is 4.60. The Bertz CT molecular complexity index is 780. The number of aliphatic hydroxyl groups is 1. The second-order valence-electron chi connectivity index (χ2n) is 7.56. The number of benzene rings is 2. The smallest absolute Gasteiger partial charge is 0.406 e. The van der Waals surface area contributed by atoms with E-state index in [0.717, 1.165) is 19.4 Å². The van der Waals surface area contributed by atoms with Crippen molar-refractivity contribution >= 4 is 0 Å². The van der Waals surface area contributed by atoms with Crippen LogP contribution in [0.1, 0.15) is 36.8 Å². The van der Waals surface area contributed by atoms with Gasteiger partial charge < -0.3 is 9.84 Å². The fourth-order valence-electron chi connectivity index (χ4n) is 4.59. The molecule has 2 aromatic rings. The monoisotopic (exact) mass is 377 g/mol. The Labute approximate surface area is 156 Å². The molecule has 2 fully saturated rings. The van der Waals surface area contributed by atoms with Crippen LogP contribution in [0.3, 0.4) is 0 Å². The van der Waals surface area contributed by atoms with Gasteiger partial charge >= 0.3 is 6.36 Å². The van der Waals surface area contributed by atoms with Gasteiger partial charge in [-0.05, 0) is 48.9 Å². The van der Waals surface area contributed by atoms with Crippen LogP contribution in [0.2, 0.25) is 0 Å². The quantitative estimate of drug-likeness (QED) is 0.845. The van der Waals surface area contributed by atoms with Crippen LogP contribution >= 0.6 is 0 Å². The Morgan fingerprint density at radius 2 is 1.67 bits per heavy atom. The highest BCUT2D eigenvalue weighted by atomic mass is 19.4. The van der Waals surface area contributed by atoms with E-state index in [4.69, 9.17) is 0 Å². The Morgan fingerprint density at radius 3 is 2.30 bits per heavy atom. The highest BCUT2D eigenvalue weighted by Crippen LogP contribution is 2.46. The van der Waals surface area contributed by atoms with Crippen molar-refractivity contribution in [3.8, 4) is 5.75 Å². The molecule has 144 valence electrons. The van der Waals surface area contributed by atoms with Gasteiger partial charge in [0, 0.05) is 18.6 Å². The fourth-order valence-corrected chi connectivity index (χ4v) is 4.59. The summed E-state index contributed by atoms with van der Waals surface area (Å²) >= 11 is 0. The average molecular weight is 377 g/mol. The predicted molar refractivity (Wildman–Crippen MR) is 95.1 cm³/mol. The number of hydrogen-bond donors (Lipinski definition) is 1. The third-order valence-electron chi connectivity index (χ3n) is 5.73. The van der Waals surface area contributed by atoms with E-state index < -0.39 is 12.0 Å². The van der Waals surface area contributed by atoms with Crippen molar-refractivity contribution in [2.75, 3.05) is 0 Å². The molecule has 0 spiro atoms. The van der Waals surface area contributed by atoms with Gasteiger partial charge in [-0.2, -0.15) is 0 Å². The van der Waals surface area contributed by atoms with Gasteiger partial charge in [0.05, 0.1) is 5.60 Å². The van der Waals surface area contributed by atoms with Gasteiger partial charge in [0.1, 0.15) is 5.75 Å². The first-order valence-corrected chi connectivity index (χ1v) is 9.21. The van der Waals surface area contributed by atoms with Crippen molar-refractivity contribution in [3.63, 3.8) is 0 Å². The van der Waals surface area contributed by atoms with E-state index in [1.54, 1.807) is 6.07 Å². The van der Waals surface area contributed by atoms with Gasteiger partial charge in [-0.15, -0.1) is 13.2 Å². The number of alkyl halides is 3. The first-order valence-electron chi connectivity index (χ1n) is 9.21. The van der Waals surface area contributed by atoms with Crippen molar-refractivity contribution in [1.82, 2.24) is 4.90 Å². The molecule has 4 rings (SSSR count). The molecule has 0 aliphatic carbocycles. The maximum absolute atomic E-state index is 12.5. The zero-order valence-corrected chi connectivity index (χ0v) is 14.8. The molecule has 3 nitrogen and oxygen atoms in total. The Balaban J connectivity index is 1.52. The highest BCUT2D eigenvalue weighted by Gasteiger charge is 2.48. The summed E-state index contributed by atoms with van der Waals surface area (Å²) in [6.45, 7) is 0.837. The summed E-state index contributed by atoms with van der Waals surface area (Å²) < 4.78 is 41.6. The molecule has 6 heteroatoms. The summed E-state index contributed by atoms with van der Waals surface area (Å²) in [4.78, 5) is 2.43. The zero-order valence-electron chi connectivity index (χ0n) is 14.8. The number of halogens is 3. The second-order valence-corrected chi connectivity index (χ2v) is 7.56. The normalized spacial score (nSPS) is 28.3. The lowest BCUT2D eigenvalue weighted by Gasteiger charge is -2.44. The molecule has 2 unspecified atom stereocenters. The van der Waals surface area contributed by atoms with E-state index in [9.17, 15) is 18.3 Å². The minimum atomic E-state index is -4.74. The molecule has 0 radical (unpaired) electrons. The van der Waals surface area contributed by atoms with Crippen LogP contribution in [0.5, 0.6) is 5.75 Å². The van der Waals surface area contributed by atoms with Crippen LogP contribution < -0.4 is 4.74 Å². The van der Waals surface area contributed by atoms with Crippen molar-refractivity contribution in [1.29, 1.82) is 0 Å². The molecule has 2 atom stereocenters. The summed E-state index contributed by atoms with van der Waals surface area (Å²) in [5.74, 6) is -0.285. The first kappa shape index (κ1) is 18.3. The van der Waals surface area contributed by atoms with Crippen LogP contribution in [0, 0.1) is 0 Å². The minimum Gasteiger partial charge on any atom is -0.406 e. The highest BCUT2D eigenvalue weighted by molar-refractivity contribution is 5.34. The molecular weight excluding hydrogens is 355 g/mol. The summed E-state index contributed by atoms with van der Waals surface area (Å²) in [5.41, 5.74) is 0.616. The molecule has 2 aromatic carbocycles. The third-order valence-corrected chi connectivity index (χ3v) is 5.73. The summed E-state index contributed by atoms with van der Waals surface area (Å²) in [6.07, 6.45) is -1.70. The standard InChI is InChI=1S/C21H22F3NO2/c22-21(23,24)27-19-8-4-7-16(11-19)20(26)12-17-9-10-18(13-20)25(17)14-15-5-2-1-3-6-15/h1-8,11,17-18,26H,9-10,12-14H2. The van der Waals surface area contributed by atoms with Gasteiger partial charge in [0.15, 0.2) is 0 Å². The molecule has 0 aromatic heterocycles. The lowest BCUT2D eigenvalue weighted by atomic mass is 9.80. The Hall–Kier alpha value is -2.05. The van der Waals surface area contributed by atoms with E-state index >= 15 is 0 Å². The SMILES string of the molecule is OC1(c2cccc(OC(F)(F)F)c2)CC2CCC(C1)N2Cc1ccccc1. The topological polar surface area (TPSA) is 32.7 Å². The fraction of sp³-hybridized carbons (Fsp3) is 0.429. The third kappa shape index (κ3) is 3.96. The molecule has 0 saturated carbocycles. The number of piperidine rings is 1. The van der Waals surface area contributed by atoms with E-state index in [0.29, 0.717) is 18.4 Å². The van der Waals surface area contributed by atoms with Crippen molar-refractivity contribution in [2.45, 2.75) is 56.3 Å². The zero-order chi connectivity index (χ0) is 19.1. The summed E-state index contributed by atoms with van der Waals surface area (Å²) in [5, 5.41) is 11.3. The number of hydrogen-bond acceptors (Lipinski definition) is 3. The molecule has 2 saturated heterocycles. The van der Waals surface area contributed by atoms with E-state index in [1.165, 1.54) is 23.8 Å². The molecule has 27 heavy (non-hydrogen) atoms. The summed E-state index contributed by atoms with van der Waals surface area (Å²) in [6, 6.07) is 16.4. The molecule has 1 N–H and O–H groups in total. The van der Waals surface area contributed by atoms with Crippen molar-refractivity contribution in [2.24, 2.45) is 0 Å². The van der Waals surface area contributed by atoms with Crippen LogP contribution in [0.4, 0.5) is 13.2 Å². The number of ether oxygens (including phenoxy) is 1. The lowest BCUT2D eigenvalue weighted by Crippen LogP contribution is -2.49. The van der Waals surface area contributed by atoms with E-state index in [2.05, 4.69) is 21.8 Å². The van der Waals surface area contributed by atoms with Crippen LogP contribution in [-0.4, -0.2) is 28.5 Å². The van der Waals surface area contributed by atoms with E-state index in [-0.39, 0.29) is 17.8 Å². The van der Waals surface area contributed by atoms with Crippen molar-refractivity contribution < 1.29 is 23.0 Å². The van der Waals surface area contributed by atoms with Gasteiger partial charge in [0.25, 0.3) is 0 Å². The second kappa shape index (κ2) is 6.84. The van der Waals surface area contributed by atoms with Crippen LogP contribution in [-0.2, 0) is 12.1 Å². The number of nitrogens with zero attached hydrogens (tertiary/aromatic N) is 1. The molecular formula is C21H22F3NO2. The van der Waals surface area contributed by atoms with Gasteiger partial charge in [-0.25, -0.2) is 0 Å². The maximum Gasteiger partial charge on any atom is 0.573 e. The lowest BCUT2D eigenvalue weighted by molar-refractivity contribution is -0.274. The van der Waals surface area contributed by atoms with Crippen LogP contribution in [0.25, 0.3) is 0 Å². The Kier molecular flexibility index (Phi) is 4.64. The average Bonchev–Trinajstić information content (AvgIpc) is 2.85. The van der Waals surface area contributed by atoms with E-state index in [1.807, 2.05) is 18.2 Å². The van der Waals surface area contributed by atoms with Crippen LogP contribution in [0.15, 0.2) is 54.6 Å². The minimum absolute atomic E-state index is 0.223. The molecule has 2 aliphatic heterocycles. The molecule has 0 amide bonds. The summed E-state index contributed by atoms with van der Waals surface area (Å²) in [7, 11) is 0. The largest absolute Gasteiger partial charge is 0.573 e. The van der Waals surface area contributed by atoms with Gasteiger partial charge in [-0.1, -0.05) is 42.5 Å². The number of fused-ring (bicyclic) bond motifs is 2. The number of rotatable bonds is 4. The van der Waals surface area contributed by atoms with Crippen molar-refractivity contribution in [3.05, 3.63) is 65.7 Å². The molecule has 2 heterocycles. The van der Waals surface area contributed by atoms with Gasteiger partial charge in [0.2, 0.25) is 0 Å². The Morgan fingerprint density at radius 1 is 1.00 bits per heavy atom. The maximum atomic E-state index is 12.5. The molecule has 2 bridgehead atoms. The molecule has 2 aliphatic rings. The van der Waals surface area contributed by atoms with Gasteiger partial charge in [-0.3, -0.25) is 4.90 Å².